The van der Waals surface area contributed by atoms with Crippen molar-refractivity contribution in [1.29, 1.82) is 0 Å². The molecule has 2 N–H and O–H groups in total. The summed E-state index contributed by atoms with van der Waals surface area (Å²) >= 11 is 0. The minimum absolute atomic E-state index is 0.120. The second-order valence-electron chi connectivity index (χ2n) is 7.56. The van der Waals surface area contributed by atoms with Crippen LogP contribution in [0.15, 0.2) is 42.5 Å². The van der Waals surface area contributed by atoms with E-state index in [-0.39, 0.29) is 29.9 Å². The lowest BCUT2D eigenvalue weighted by molar-refractivity contribution is -0.0135. The minimum Gasteiger partial charge on any atom is -0.370 e. The SMILES string of the molecule is Cc1ccc(C(=O)NC2CC2)cc1NC(=O)N1CCOC(c2ccc(F)cc2)C1. The number of carbonyl (C=O) groups excluding carboxylic acids is 2. The molecule has 1 aliphatic heterocycles. The van der Waals surface area contributed by atoms with Crippen LogP contribution in [0.5, 0.6) is 0 Å². The number of benzene rings is 2. The highest BCUT2D eigenvalue weighted by Crippen LogP contribution is 2.24. The summed E-state index contributed by atoms with van der Waals surface area (Å²) in [5.74, 6) is -0.425. The van der Waals surface area contributed by atoms with E-state index in [1.54, 1.807) is 29.2 Å². The monoisotopic (exact) mass is 397 g/mol. The minimum atomic E-state index is -0.305. The lowest BCUT2D eigenvalue weighted by Crippen LogP contribution is -2.44. The van der Waals surface area contributed by atoms with Gasteiger partial charge in [0.15, 0.2) is 0 Å². The van der Waals surface area contributed by atoms with Crippen LogP contribution in [0.1, 0.15) is 40.4 Å². The van der Waals surface area contributed by atoms with Crippen molar-refractivity contribution >= 4 is 17.6 Å². The smallest absolute Gasteiger partial charge is 0.322 e. The first-order valence-electron chi connectivity index (χ1n) is 9.84. The van der Waals surface area contributed by atoms with Gasteiger partial charge in [-0.15, -0.1) is 0 Å². The normalized spacial score (nSPS) is 19.0. The van der Waals surface area contributed by atoms with Crippen molar-refractivity contribution in [2.24, 2.45) is 0 Å². The Bertz CT molecular complexity index is 912. The second-order valence-corrected chi connectivity index (χ2v) is 7.56. The van der Waals surface area contributed by atoms with E-state index in [1.165, 1.54) is 12.1 Å². The summed E-state index contributed by atoms with van der Waals surface area (Å²) in [5, 5.41) is 5.87. The Morgan fingerprint density at radius 3 is 2.62 bits per heavy atom. The largest absolute Gasteiger partial charge is 0.370 e. The third kappa shape index (κ3) is 4.74. The number of aryl methyl sites for hydroxylation is 1. The van der Waals surface area contributed by atoms with Crippen molar-refractivity contribution < 1.29 is 18.7 Å². The van der Waals surface area contributed by atoms with Crippen LogP contribution in [0.25, 0.3) is 0 Å². The van der Waals surface area contributed by atoms with Gasteiger partial charge in [0.25, 0.3) is 5.91 Å². The number of ether oxygens (including phenoxy) is 1. The van der Waals surface area contributed by atoms with Gasteiger partial charge in [-0.25, -0.2) is 9.18 Å². The number of carbonyl (C=O) groups is 2. The average Bonchev–Trinajstić information content (AvgIpc) is 3.54. The highest BCUT2D eigenvalue weighted by atomic mass is 19.1. The van der Waals surface area contributed by atoms with Crippen LogP contribution in [-0.2, 0) is 4.74 Å². The van der Waals surface area contributed by atoms with Gasteiger partial charge in [-0.2, -0.15) is 0 Å². The number of urea groups is 1. The number of hydrogen-bond acceptors (Lipinski definition) is 3. The van der Waals surface area contributed by atoms with Crippen molar-refractivity contribution in [3.05, 3.63) is 65.0 Å². The third-order valence-electron chi connectivity index (χ3n) is 5.25. The molecule has 0 aromatic heterocycles. The number of amides is 3. The highest BCUT2D eigenvalue weighted by molar-refractivity contribution is 5.97. The van der Waals surface area contributed by atoms with E-state index in [4.69, 9.17) is 4.74 Å². The molecule has 1 unspecified atom stereocenters. The molecule has 4 rings (SSSR count). The maximum absolute atomic E-state index is 13.2. The molecular formula is C22H24FN3O3. The predicted octanol–water partition coefficient (Wildman–Crippen LogP) is 3.63. The molecule has 7 heteroatoms. The summed E-state index contributed by atoms with van der Waals surface area (Å²) in [6, 6.07) is 11.5. The summed E-state index contributed by atoms with van der Waals surface area (Å²) in [4.78, 5) is 26.8. The summed E-state index contributed by atoms with van der Waals surface area (Å²) in [5.41, 5.74) is 2.86. The first-order chi connectivity index (χ1) is 14.0. The molecular weight excluding hydrogens is 373 g/mol. The number of rotatable bonds is 4. The second kappa shape index (κ2) is 8.21. The van der Waals surface area contributed by atoms with Crippen LogP contribution in [0, 0.1) is 12.7 Å². The number of nitrogens with one attached hydrogen (secondary N) is 2. The molecule has 1 saturated heterocycles. The summed E-state index contributed by atoms with van der Waals surface area (Å²) in [6.07, 6.45) is 1.74. The number of nitrogens with zero attached hydrogens (tertiary/aromatic N) is 1. The van der Waals surface area contributed by atoms with Crippen LogP contribution in [0.2, 0.25) is 0 Å². The van der Waals surface area contributed by atoms with Crippen LogP contribution in [0.3, 0.4) is 0 Å². The Morgan fingerprint density at radius 2 is 1.90 bits per heavy atom. The average molecular weight is 397 g/mol. The van der Waals surface area contributed by atoms with Crippen LogP contribution in [-0.4, -0.2) is 42.6 Å². The topological polar surface area (TPSA) is 70.7 Å². The zero-order valence-electron chi connectivity index (χ0n) is 16.3. The van der Waals surface area contributed by atoms with E-state index < -0.39 is 0 Å². The molecule has 2 aliphatic rings. The van der Waals surface area contributed by atoms with Gasteiger partial charge in [-0.1, -0.05) is 18.2 Å². The Balaban J connectivity index is 1.42. The summed E-state index contributed by atoms with van der Waals surface area (Å²) < 4.78 is 18.9. The van der Waals surface area contributed by atoms with Gasteiger partial charge in [0.05, 0.1) is 13.2 Å². The highest BCUT2D eigenvalue weighted by Gasteiger charge is 2.27. The van der Waals surface area contributed by atoms with E-state index >= 15 is 0 Å². The first-order valence-corrected chi connectivity index (χ1v) is 9.84. The number of anilines is 1. The quantitative estimate of drug-likeness (QED) is 0.828. The Hall–Kier alpha value is -2.93. The molecule has 152 valence electrons. The zero-order chi connectivity index (χ0) is 20.4. The van der Waals surface area contributed by atoms with Gasteiger partial charge in [0, 0.05) is 23.8 Å². The zero-order valence-corrected chi connectivity index (χ0v) is 16.3. The van der Waals surface area contributed by atoms with Crippen molar-refractivity contribution in [3.8, 4) is 0 Å². The van der Waals surface area contributed by atoms with E-state index in [0.29, 0.717) is 30.9 Å². The molecule has 2 fully saturated rings. The molecule has 0 bridgehead atoms. The Labute approximate surface area is 169 Å². The number of hydrogen-bond donors (Lipinski definition) is 2. The Morgan fingerprint density at radius 1 is 1.14 bits per heavy atom. The molecule has 1 saturated carbocycles. The van der Waals surface area contributed by atoms with Crippen LogP contribution in [0.4, 0.5) is 14.9 Å². The van der Waals surface area contributed by atoms with Crippen molar-refractivity contribution in [1.82, 2.24) is 10.2 Å². The molecule has 0 radical (unpaired) electrons. The molecule has 1 atom stereocenters. The van der Waals surface area contributed by atoms with Gasteiger partial charge < -0.3 is 20.3 Å². The van der Waals surface area contributed by atoms with Gasteiger partial charge in [-0.05, 0) is 55.2 Å². The van der Waals surface area contributed by atoms with Gasteiger partial charge in [0.1, 0.15) is 11.9 Å². The maximum atomic E-state index is 13.2. The summed E-state index contributed by atoms with van der Waals surface area (Å²) in [7, 11) is 0. The van der Waals surface area contributed by atoms with E-state index in [1.807, 2.05) is 13.0 Å². The number of halogens is 1. The first kappa shape index (κ1) is 19.4. The summed E-state index contributed by atoms with van der Waals surface area (Å²) in [6.45, 7) is 3.12. The van der Waals surface area contributed by atoms with Crippen molar-refractivity contribution in [2.45, 2.75) is 31.9 Å². The lowest BCUT2D eigenvalue weighted by atomic mass is 10.1. The fraction of sp³-hybridized carbons (Fsp3) is 0.364. The maximum Gasteiger partial charge on any atom is 0.322 e. The van der Waals surface area contributed by atoms with E-state index in [0.717, 1.165) is 24.0 Å². The molecule has 0 spiro atoms. The lowest BCUT2D eigenvalue weighted by Gasteiger charge is -2.33. The van der Waals surface area contributed by atoms with E-state index in [9.17, 15) is 14.0 Å². The molecule has 2 aromatic carbocycles. The van der Waals surface area contributed by atoms with Crippen LogP contribution >= 0.6 is 0 Å². The van der Waals surface area contributed by atoms with Gasteiger partial charge in [-0.3, -0.25) is 4.79 Å². The molecule has 1 heterocycles. The number of morpholine rings is 1. The molecule has 29 heavy (non-hydrogen) atoms. The fourth-order valence-corrected chi connectivity index (χ4v) is 3.30. The van der Waals surface area contributed by atoms with E-state index in [2.05, 4.69) is 10.6 Å². The van der Waals surface area contributed by atoms with Gasteiger partial charge >= 0.3 is 6.03 Å². The standard InChI is InChI=1S/C22H24FN3O3/c1-14-2-3-16(21(27)24-18-8-9-18)12-19(14)25-22(28)26-10-11-29-20(13-26)15-4-6-17(23)7-5-15/h2-7,12,18,20H,8-11,13H2,1H3,(H,24,27)(H,25,28). The molecule has 2 aromatic rings. The predicted molar refractivity (Wildman–Crippen MR) is 107 cm³/mol. The molecule has 1 aliphatic carbocycles. The van der Waals surface area contributed by atoms with Crippen molar-refractivity contribution in [3.63, 3.8) is 0 Å². The Kier molecular flexibility index (Phi) is 5.49. The van der Waals surface area contributed by atoms with Gasteiger partial charge in [0.2, 0.25) is 0 Å². The van der Waals surface area contributed by atoms with Crippen molar-refractivity contribution in [2.75, 3.05) is 25.0 Å². The third-order valence-corrected chi connectivity index (χ3v) is 5.25. The molecule has 3 amide bonds. The van der Waals surface area contributed by atoms with Crippen LogP contribution < -0.4 is 10.6 Å². The fourth-order valence-electron chi connectivity index (χ4n) is 3.30. The molecule has 6 nitrogen and oxygen atoms in total.